The Bertz CT molecular complexity index is 560. The van der Waals surface area contributed by atoms with Crippen LogP contribution in [0.2, 0.25) is 0 Å². The summed E-state index contributed by atoms with van der Waals surface area (Å²) in [5, 5.41) is 16.4. The third-order valence-corrected chi connectivity index (χ3v) is 2.52. The summed E-state index contributed by atoms with van der Waals surface area (Å²) in [5.41, 5.74) is 0.302. The Kier molecular flexibility index (Phi) is 4.18. The maximum atomic E-state index is 13.0. The number of halogens is 2. The van der Waals surface area contributed by atoms with E-state index >= 15 is 0 Å². The summed E-state index contributed by atoms with van der Waals surface area (Å²) < 4.78 is 30.5. The fourth-order valence-corrected chi connectivity index (χ4v) is 1.57. The second-order valence-electron chi connectivity index (χ2n) is 4.05. The zero-order valence-electron chi connectivity index (χ0n) is 10.2. The number of nitrogens with zero attached hydrogens (tertiary/aromatic N) is 2. The van der Waals surface area contributed by atoms with E-state index in [9.17, 15) is 13.9 Å². The standard InChI is InChI=1S/C12H13F2N3O2/c1-7-16-12(17-19-7)6-15-5-11(18)8-2-3-9(13)10(14)4-8/h2-4,11,15,18H,5-6H2,1H3. The van der Waals surface area contributed by atoms with E-state index in [1.54, 1.807) is 6.92 Å². The molecule has 2 N–H and O–H groups in total. The van der Waals surface area contributed by atoms with Crippen molar-refractivity contribution < 1.29 is 18.4 Å². The minimum atomic E-state index is -0.981. The van der Waals surface area contributed by atoms with E-state index in [0.717, 1.165) is 12.1 Å². The van der Waals surface area contributed by atoms with E-state index in [4.69, 9.17) is 4.52 Å². The lowest BCUT2D eigenvalue weighted by Crippen LogP contribution is -2.21. The van der Waals surface area contributed by atoms with Gasteiger partial charge in [-0.2, -0.15) is 4.98 Å². The van der Waals surface area contributed by atoms with Gasteiger partial charge in [-0.1, -0.05) is 11.2 Å². The Morgan fingerprint density at radius 3 is 2.79 bits per heavy atom. The Labute approximate surface area is 108 Å². The van der Waals surface area contributed by atoms with Crippen LogP contribution in [0.1, 0.15) is 23.4 Å². The molecule has 1 unspecified atom stereocenters. The van der Waals surface area contributed by atoms with Gasteiger partial charge in [-0.3, -0.25) is 0 Å². The monoisotopic (exact) mass is 269 g/mol. The highest BCUT2D eigenvalue weighted by Crippen LogP contribution is 2.15. The van der Waals surface area contributed by atoms with Gasteiger partial charge in [-0.15, -0.1) is 0 Å². The predicted molar refractivity (Wildman–Crippen MR) is 62.1 cm³/mol. The fraction of sp³-hybridized carbons (Fsp3) is 0.333. The molecule has 0 amide bonds. The highest BCUT2D eigenvalue weighted by Gasteiger charge is 2.11. The van der Waals surface area contributed by atoms with Gasteiger partial charge in [0.05, 0.1) is 12.6 Å². The average molecular weight is 269 g/mol. The van der Waals surface area contributed by atoms with Crippen molar-refractivity contribution in [2.75, 3.05) is 6.54 Å². The maximum absolute atomic E-state index is 13.0. The lowest BCUT2D eigenvalue weighted by Gasteiger charge is -2.11. The molecule has 102 valence electrons. The molecule has 1 aromatic heterocycles. The molecular formula is C12H13F2N3O2. The zero-order chi connectivity index (χ0) is 13.8. The lowest BCUT2D eigenvalue weighted by atomic mass is 10.1. The van der Waals surface area contributed by atoms with Crippen LogP contribution in [0.3, 0.4) is 0 Å². The van der Waals surface area contributed by atoms with Gasteiger partial charge in [0.15, 0.2) is 17.5 Å². The van der Waals surface area contributed by atoms with Crippen LogP contribution in [0.5, 0.6) is 0 Å². The molecule has 1 heterocycles. The molecule has 1 aromatic carbocycles. The van der Waals surface area contributed by atoms with Crippen LogP contribution in [0.25, 0.3) is 0 Å². The largest absolute Gasteiger partial charge is 0.387 e. The molecule has 0 aliphatic heterocycles. The first-order valence-corrected chi connectivity index (χ1v) is 5.69. The number of hydrogen-bond acceptors (Lipinski definition) is 5. The molecule has 5 nitrogen and oxygen atoms in total. The first-order chi connectivity index (χ1) is 9.06. The summed E-state index contributed by atoms with van der Waals surface area (Å²) in [6, 6.07) is 3.29. The molecule has 0 bridgehead atoms. The molecule has 0 aliphatic carbocycles. The third kappa shape index (κ3) is 3.55. The second-order valence-corrected chi connectivity index (χ2v) is 4.05. The minimum Gasteiger partial charge on any atom is -0.387 e. The second kappa shape index (κ2) is 5.85. The number of hydrogen-bond donors (Lipinski definition) is 2. The van der Waals surface area contributed by atoms with Crippen molar-refractivity contribution in [3.8, 4) is 0 Å². The van der Waals surface area contributed by atoms with Crippen molar-refractivity contribution in [1.29, 1.82) is 0 Å². The van der Waals surface area contributed by atoms with E-state index in [0.29, 0.717) is 23.8 Å². The van der Waals surface area contributed by atoms with Crippen LogP contribution in [-0.4, -0.2) is 21.8 Å². The van der Waals surface area contributed by atoms with Crippen LogP contribution in [0.4, 0.5) is 8.78 Å². The first-order valence-electron chi connectivity index (χ1n) is 5.69. The van der Waals surface area contributed by atoms with E-state index in [-0.39, 0.29) is 6.54 Å². The van der Waals surface area contributed by atoms with Crippen molar-refractivity contribution in [3.63, 3.8) is 0 Å². The van der Waals surface area contributed by atoms with Gasteiger partial charge >= 0.3 is 0 Å². The van der Waals surface area contributed by atoms with Crippen LogP contribution in [0.15, 0.2) is 22.7 Å². The normalized spacial score (nSPS) is 12.6. The van der Waals surface area contributed by atoms with Gasteiger partial charge in [0, 0.05) is 13.5 Å². The Balaban J connectivity index is 1.86. The molecule has 0 radical (unpaired) electrons. The Morgan fingerprint density at radius 2 is 2.16 bits per heavy atom. The third-order valence-electron chi connectivity index (χ3n) is 2.52. The van der Waals surface area contributed by atoms with Gasteiger partial charge in [0.1, 0.15) is 0 Å². The van der Waals surface area contributed by atoms with E-state index in [1.807, 2.05) is 0 Å². The number of nitrogens with one attached hydrogen (secondary N) is 1. The molecule has 7 heteroatoms. The van der Waals surface area contributed by atoms with Crippen molar-refractivity contribution in [3.05, 3.63) is 47.1 Å². The molecule has 0 aliphatic rings. The first kappa shape index (κ1) is 13.6. The van der Waals surface area contributed by atoms with E-state index in [2.05, 4.69) is 15.5 Å². The number of aliphatic hydroxyl groups excluding tert-OH is 1. The summed E-state index contributed by atoms with van der Waals surface area (Å²) in [5.74, 6) is -0.996. The molecule has 2 rings (SSSR count). The van der Waals surface area contributed by atoms with Crippen LogP contribution in [-0.2, 0) is 6.54 Å². The molecule has 0 saturated carbocycles. The fourth-order valence-electron chi connectivity index (χ4n) is 1.57. The van der Waals surface area contributed by atoms with E-state index in [1.165, 1.54) is 6.07 Å². The number of benzene rings is 1. The predicted octanol–water partition coefficient (Wildman–Crippen LogP) is 1.48. The van der Waals surface area contributed by atoms with Gasteiger partial charge in [0.2, 0.25) is 5.89 Å². The molecule has 0 fully saturated rings. The van der Waals surface area contributed by atoms with Crippen LogP contribution in [0, 0.1) is 18.6 Å². The number of aryl methyl sites for hydroxylation is 1. The molecule has 0 saturated heterocycles. The van der Waals surface area contributed by atoms with Crippen LogP contribution >= 0.6 is 0 Å². The smallest absolute Gasteiger partial charge is 0.223 e. The summed E-state index contributed by atoms with van der Waals surface area (Å²) >= 11 is 0. The summed E-state index contributed by atoms with van der Waals surface area (Å²) in [6.45, 7) is 2.16. The molecule has 0 spiro atoms. The van der Waals surface area contributed by atoms with Gasteiger partial charge in [-0.25, -0.2) is 8.78 Å². The van der Waals surface area contributed by atoms with Gasteiger partial charge < -0.3 is 14.9 Å². The Hall–Kier alpha value is -1.86. The summed E-state index contributed by atoms with van der Waals surface area (Å²) in [6.07, 6.45) is -0.942. The molecule has 2 aromatic rings. The van der Waals surface area contributed by atoms with Crippen LogP contribution < -0.4 is 5.32 Å². The number of rotatable bonds is 5. The van der Waals surface area contributed by atoms with Gasteiger partial charge in [0.25, 0.3) is 0 Å². The summed E-state index contributed by atoms with van der Waals surface area (Å²) in [4.78, 5) is 3.97. The molecule has 1 atom stereocenters. The zero-order valence-corrected chi connectivity index (χ0v) is 10.2. The summed E-state index contributed by atoms with van der Waals surface area (Å²) in [7, 11) is 0. The highest BCUT2D eigenvalue weighted by molar-refractivity contribution is 5.20. The maximum Gasteiger partial charge on any atom is 0.223 e. The molecule has 19 heavy (non-hydrogen) atoms. The number of aromatic nitrogens is 2. The Morgan fingerprint density at radius 1 is 1.37 bits per heavy atom. The SMILES string of the molecule is Cc1nc(CNCC(O)c2ccc(F)c(F)c2)no1. The van der Waals surface area contributed by atoms with Crippen molar-refractivity contribution in [2.45, 2.75) is 19.6 Å². The highest BCUT2D eigenvalue weighted by atomic mass is 19.2. The molecular weight excluding hydrogens is 256 g/mol. The average Bonchev–Trinajstić information content (AvgIpc) is 2.78. The lowest BCUT2D eigenvalue weighted by molar-refractivity contribution is 0.173. The quantitative estimate of drug-likeness (QED) is 0.860. The minimum absolute atomic E-state index is 0.165. The van der Waals surface area contributed by atoms with Crippen molar-refractivity contribution in [1.82, 2.24) is 15.5 Å². The van der Waals surface area contributed by atoms with Crippen molar-refractivity contribution >= 4 is 0 Å². The number of aliphatic hydroxyl groups is 1. The van der Waals surface area contributed by atoms with Crippen molar-refractivity contribution in [2.24, 2.45) is 0 Å². The van der Waals surface area contributed by atoms with Gasteiger partial charge in [-0.05, 0) is 17.7 Å². The topological polar surface area (TPSA) is 71.2 Å². The van der Waals surface area contributed by atoms with E-state index < -0.39 is 17.7 Å².